The highest BCUT2D eigenvalue weighted by Gasteiger charge is 2.23. The highest BCUT2D eigenvalue weighted by Crippen LogP contribution is 2.49. The van der Waals surface area contributed by atoms with E-state index in [2.05, 4.69) is 211 Å². The first-order valence-electron chi connectivity index (χ1n) is 20.6. The molecule has 12 rings (SSSR count). The molecule has 2 heteroatoms. The highest BCUT2D eigenvalue weighted by atomic mass is 15.0. The number of hydrogen-bond acceptors (Lipinski definition) is 0. The van der Waals surface area contributed by atoms with Crippen molar-refractivity contribution < 1.29 is 0 Å². The van der Waals surface area contributed by atoms with Crippen molar-refractivity contribution in [1.82, 2.24) is 9.13 Å². The zero-order valence-electron chi connectivity index (χ0n) is 32.6. The molecule has 1 atom stereocenters. The van der Waals surface area contributed by atoms with E-state index in [0.29, 0.717) is 5.92 Å². The number of fused-ring (bicyclic) bond motifs is 9. The summed E-state index contributed by atoms with van der Waals surface area (Å²) in [6, 6.07) is 70.2. The third-order valence-corrected chi connectivity index (χ3v) is 13.0. The fourth-order valence-electron chi connectivity index (χ4n) is 9.92. The second-order valence-electron chi connectivity index (χ2n) is 16.1. The van der Waals surface area contributed by atoms with Crippen LogP contribution in [0.15, 0.2) is 188 Å². The van der Waals surface area contributed by atoms with E-state index in [0.717, 1.165) is 12.1 Å². The van der Waals surface area contributed by atoms with Gasteiger partial charge in [-0.3, -0.25) is 0 Å². The van der Waals surface area contributed by atoms with Crippen LogP contribution in [0.2, 0.25) is 0 Å². The van der Waals surface area contributed by atoms with Crippen LogP contribution in [0, 0.1) is 0 Å². The van der Waals surface area contributed by atoms with Gasteiger partial charge in [0.15, 0.2) is 0 Å². The molecule has 11 aromatic rings. The second-order valence-corrected chi connectivity index (χ2v) is 16.1. The lowest BCUT2D eigenvalue weighted by atomic mass is 9.94. The third-order valence-electron chi connectivity index (χ3n) is 13.0. The minimum absolute atomic E-state index is 0.552. The van der Waals surface area contributed by atoms with Crippen molar-refractivity contribution in [1.29, 1.82) is 0 Å². The van der Waals surface area contributed by atoms with Crippen LogP contribution in [0.25, 0.3) is 110 Å². The zero-order valence-corrected chi connectivity index (χ0v) is 32.6. The maximum atomic E-state index is 2.44. The molecule has 0 fully saturated rings. The van der Waals surface area contributed by atoms with E-state index >= 15 is 0 Å². The van der Waals surface area contributed by atoms with Crippen LogP contribution in [-0.2, 0) is 0 Å². The first-order valence-corrected chi connectivity index (χ1v) is 20.6. The van der Waals surface area contributed by atoms with Gasteiger partial charge in [-0.2, -0.15) is 0 Å². The minimum Gasteiger partial charge on any atom is -0.309 e. The van der Waals surface area contributed by atoms with Gasteiger partial charge in [-0.25, -0.2) is 0 Å². The van der Waals surface area contributed by atoms with Crippen LogP contribution in [0.5, 0.6) is 0 Å². The summed E-state index contributed by atoms with van der Waals surface area (Å²) < 4.78 is 4.86. The van der Waals surface area contributed by atoms with Crippen molar-refractivity contribution in [2.75, 3.05) is 0 Å². The average Bonchev–Trinajstić information content (AvgIpc) is 3.92. The van der Waals surface area contributed by atoms with Gasteiger partial charge in [0.1, 0.15) is 0 Å². The molecule has 0 radical (unpaired) electrons. The molecule has 9 aromatic carbocycles. The number of aromatic nitrogens is 2. The summed E-state index contributed by atoms with van der Waals surface area (Å²) in [5.41, 5.74) is 18.9. The number of nitrogens with zero attached hydrogens (tertiary/aromatic N) is 2. The molecule has 2 heterocycles. The SMILES string of the molecule is CCC(C)c1ccc(-n2c3ccccc3c3cc(-c4ccc5c(c4)c4ccccc4n5-c4cccc(-c5ccc6c7c(cccc57)-c5ccccc5-6)c4)ccc32)cc1. The fourth-order valence-corrected chi connectivity index (χ4v) is 9.92. The standard InChI is InChI=1S/C56H40N2/c1-3-35(2)36-22-26-40(27-23-36)57-52-20-8-6-16-45(52)50-33-37(24-30-54(50)57)38-25-31-55-51(34-38)46-17-7-9-21-53(46)58(55)41-13-10-12-39(32-41)42-28-29-49-44-15-5-4-14-43(44)48-19-11-18-47(42)56(48)49/h4-35H,3H2,1-2H3. The van der Waals surface area contributed by atoms with Crippen molar-refractivity contribution in [3.8, 4) is 55.9 Å². The maximum absolute atomic E-state index is 2.44. The molecule has 58 heavy (non-hydrogen) atoms. The summed E-state index contributed by atoms with van der Waals surface area (Å²) in [6.07, 6.45) is 1.14. The summed E-state index contributed by atoms with van der Waals surface area (Å²) in [5, 5.41) is 7.71. The minimum atomic E-state index is 0.552. The molecule has 0 amide bonds. The molecule has 2 aromatic heterocycles. The van der Waals surface area contributed by atoms with Gasteiger partial charge >= 0.3 is 0 Å². The van der Waals surface area contributed by atoms with Gasteiger partial charge in [-0.05, 0) is 134 Å². The molecule has 0 bridgehead atoms. The van der Waals surface area contributed by atoms with Crippen LogP contribution in [-0.4, -0.2) is 9.13 Å². The number of rotatable bonds is 6. The van der Waals surface area contributed by atoms with Crippen LogP contribution in [0.4, 0.5) is 0 Å². The molecular weight excluding hydrogens is 701 g/mol. The van der Waals surface area contributed by atoms with Gasteiger partial charge in [-0.15, -0.1) is 0 Å². The van der Waals surface area contributed by atoms with Gasteiger partial charge in [0, 0.05) is 32.9 Å². The summed E-state index contributed by atoms with van der Waals surface area (Å²) >= 11 is 0. The first kappa shape index (κ1) is 33.0. The zero-order chi connectivity index (χ0) is 38.5. The molecule has 0 saturated heterocycles. The Bertz CT molecular complexity index is 3420. The van der Waals surface area contributed by atoms with E-state index in [4.69, 9.17) is 0 Å². The summed E-state index contributed by atoms with van der Waals surface area (Å²) in [6.45, 7) is 4.56. The summed E-state index contributed by atoms with van der Waals surface area (Å²) in [5.74, 6) is 0.552. The van der Waals surface area contributed by atoms with Crippen molar-refractivity contribution in [3.05, 3.63) is 194 Å². The Labute approximate surface area is 337 Å². The molecule has 1 aliphatic rings. The smallest absolute Gasteiger partial charge is 0.0541 e. The van der Waals surface area contributed by atoms with Crippen molar-refractivity contribution in [3.63, 3.8) is 0 Å². The molecule has 2 nitrogen and oxygen atoms in total. The van der Waals surface area contributed by atoms with E-state index < -0.39 is 0 Å². The van der Waals surface area contributed by atoms with Crippen molar-refractivity contribution >= 4 is 54.4 Å². The van der Waals surface area contributed by atoms with Gasteiger partial charge in [0.25, 0.3) is 0 Å². The molecule has 0 saturated carbocycles. The molecule has 1 unspecified atom stereocenters. The van der Waals surface area contributed by atoms with E-state index in [-0.39, 0.29) is 0 Å². The predicted octanol–water partition coefficient (Wildman–Crippen LogP) is 15.5. The Morgan fingerprint density at radius 3 is 1.53 bits per heavy atom. The van der Waals surface area contributed by atoms with Gasteiger partial charge in [-0.1, -0.05) is 141 Å². The van der Waals surface area contributed by atoms with E-state index in [1.807, 2.05) is 0 Å². The molecular formula is C56H40N2. The Morgan fingerprint density at radius 2 is 0.879 bits per heavy atom. The molecule has 274 valence electrons. The monoisotopic (exact) mass is 740 g/mol. The lowest BCUT2D eigenvalue weighted by molar-refractivity contribution is 0.733. The van der Waals surface area contributed by atoms with E-state index in [1.54, 1.807) is 0 Å². The Morgan fingerprint density at radius 1 is 0.362 bits per heavy atom. The number of para-hydroxylation sites is 2. The predicted molar refractivity (Wildman–Crippen MR) is 247 cm³/mol. The second kappa shape index (κ2) is 12.7. The van der Waals surface area contributed by atoms with Gasteiger partial charge in [0.05, 0.1) is 22.1 Å². The Hall–Kier alpha value is -7.16. The number of hydrogen-bond donors (Lipinski definition) is 0. The summed E-state index contributed by atoms with van der Waals surface area (Å²) in [4.78, 5) is 0. The van der Waals surface area contributed by atoms with Gasteiger partial charge in [0.2, 0.25) is 0 Å². The van der Waals surface area contributed by atoms with Crippen LogP contribution >= 0.6 is 0 Å². The maximum Gasteiger partial charge on any atom is 0.0541 e. The lowest BCUT2D eigenvalue weighted by Crippen LogP contribution is -1.96. The molecule has 0 N–H and O–H groups in total. The van der Waals surface area contributed by atoms with Crippen LogP contribution in [0.1, 0.15) is 31.7 Å². The highest BCUT2D eigenvalue weighted by molar-refractivity contribution is 6.19. The third kappa shape index (κ3) is 4.79. The average molecular weight is 741 g/mol. The summed E-state index contributed by atoms with van der Waals surface area (Å²) in [7, 11) is 0. The van der Waals surface area contributed by atoms with Crippen molar-refractivity contribution in [2.45, 2.75) is 26.2 Å². The fraction of sp³-hybridized carbons (Fsp3) is 0.0714. The Balaban J connectivity index is 0.978. The largest absolute Gasteiger partial charge is 0.309 e. The van der Waals surface area contributed by atoms with Crippen molar-refractivity contribution in [2.24, 2.45) is 0 Å². The van der Waals surface area contributed by atoms with Crippen LogP contribution < -0.4 is 0 Å². The molecule has 0 spiro atoms. The number of benzene rings is 9. The molecule has 0 aliphatic heterocycles. The first-order chi connectivity index (χ1) is 28.6. The van der Waals surface area contributed by atoms with Crippen LogP contribution in [0.3, 0.4) is 0 Å². The molecule has 1 aliphatic carbocycles. The normalized spacial score (nSPS) is 12.7. The van der Waals surface area contributed by atoms with E-state index in [9.17, 15) is 0 Å². The van der Waals surface area contributed by atoms with E-state index in [1.165, 1.54) is 110 Å². The van der Waals surface area contributed by atoms with Gasteiger partial charge < -0.3 is 9.13 Å². The Kier molecular flexibility index (Phi) is 7.22. The quantitative estimate of drug-likeness (QED) is 0.161. The topological polar surface area (TPSA) is 9.86 Å². The lowest BCUT2D eigenvalue weighted by Gasteiger charge is -2.13.